The van der Waals surface area contributed by atoms with Crippen LogP contribution < -0.4 is 10.2 Å². The van der Waals surface area contributed by atoms with Crippen molar-refractivity contribution in [2.45, 2.75) is 6.92 Å². The van der Waals surface area contributed by atoms with E-state index in [4.69, 9.17) is 0 Å². The van der Waals surface area contributed by atoms with Crippen molar-refractivity contribution < 1.29 is 9.59 Å². The predicted molar refractivity (Wildman–Crippen MR) is 95.8 cm³/mol. The van der Waals surface area contributed by atoms with E-state index in [1.807, 2.05) is 42.5 Å². The molecule has 24 heavy (non-hydrogen) atoms. The molecule has 1 aliphatic heterocycles. The molecule has 1 fully saturated rings. The summed E-state index contributed by atoms with van der Waals surface area (Å²) in [7, 11) is 0. The van der Waals surface area contributed by atoms with Gasteiger partial charge in [-0.05, 0) is 31.2 Å². The van der Waals surface area contributed by atoms with E-state index in [2.05, 4.69) is 10.2 Å². The number of piperazine rings is 1. The third kappa shape index (κ3) is 3.54. The molecular weight excluding hydrogens is 300 g/mol. The first kappa shape index (κ1) is 16.4. The van der Waals surface area contributed by atoms with Gasteiger partial charge in [0, 0.05) is 43.0 Å². The second-order valence-corrected chi connectivity index (χ2v) is 6.10. The Labute approximate surface area is 142 Å². The highest BCUT2D eigenvalue weighted by molar-refractivity contribution is 6.15. The lowest BCUT2D eigenvalue weighted by Gasteiger charge is -2.29. The Morgan fingerprint density at radius 3 is 2.00 bits per heavy atom. The van der Waals surface area contributed by atoms with Gasteiger partial charge in [0.2, 0.25) is 0 Å². The Morgan fingerprint density at radius 1 is 0.875 bits per heavy atom. The summed E-state index contributed by atoms with van der Waals surface area (Å²) in [5, 5.41) is 3.32. The van der Waals surface area contributed by atoms with Gasteiger partial charge in [0.05, 0.1) is 5.92 Å². The third-order valence-corrected chi connectivity index (χ3v) is 4.48. The van der Waals surface area contributed by atoms with Gasteiger partial charge in [0.25, 0.3) is 0 Å². The van der Waals surface area contributed by atoms with Crippen LogP contribution in [0.4, 0.5) is 5.69 Å². The lowest BCUT2D eigenvalue weighted by atomic mass is 9.91. The first-order chi connectivity index (χ1) is 11.7. The molecule has 124 valence electrons. The van der Waals surface area contributed by atoms with Gasteiger partial charge in [-0.25, -0.2) is 0 Å². The summed E-state index contributed by atoms with van der Waals surface area (Å²) < 4.78 is 0. The van der Waals surface area contributed by atoms with Crippen LogP contribution in [0.2, 0.25) is 0 Å². The van der Waals surface area contributed by atoms with Gasteiger partial charge in [0.1, 0.15) is 0 Å². The molecule has 1 heterocycles. The van der Waals surface area contributed by atoms with Gasteiger partial charge in [-0.2, -0.15) is 0 Å². The maximum Gasteiger partial charge on any atom is 0.173 e. The zero-order chi connectivity index (χ0) is 16.9. The molecule has 1 N–H and O–H groups in total. The van der Waals surface area contributed by atoms with E-state index < -0.39 is 5.92 Å². The van der Waals surface area contributed by atoms with Gasteiger partial charge < -0.3 is 10.2 Å². The molecule has 0 radical (unpaired) electrons. The van der Waals surface area contributed by atoms with Crippen molar-refractivity contribution in [1.82, 2.24) is 5.32 Å². The Bertz CT molecular complexity index is 704. The Hall–Kier alpha value is -2.46. The number of carbonyl (C=O) groups is 2. The van der Waals surface area contributed by atoms with Crippen LogP contribution in [0.1, 0.15) is 27.6 Å². The maximum atomic E-state index is 12.6. The van der Waals surface area contributed by atoms with Gasteiger partial charge in [-0.1, -0.05) is 30.3 Å². The number of Topliss-reactive ketones (excluding diaryl/α,β-unsaturated/α-hetero) is 2. The van der Waals surface area contributed by atoms with Gasteiger partial charge >= 0.3 is 0 Å². The zero-order valence-corrected chi connectivity index (χ0v) is 13.9. The highest BCUT2D eigenvalue weighted by Gasteiger charge is 2.24. The minimum Gasteiger partial charge on any atom is -0.369 e. The molecule has 3 rings (SSSR count). The van der Waals surface area contributed by atoms with Crippen molar-refractivity contribution in [1.29, 1.82) is 0 Å². The predicted octanol–water partition coefficient (Wildman–Crippen LogP) is 2.80. The quantitative estimate of drug-likeness (QED) is 0.679. The minimum atomic E-state index is -0.669. The van der Waals surface area contributed by atoms with Crippen molar-refractivity contribution in [2.24, 2.45) is 5.92 Å². The zero-order valence-electron chi connectivity index (χ0n) is 13.9. The Kier molecular flexibility index (Phi) is 5.06. The molecule has 0 aliphatic carbocycles. The van der Waals surface area contributed by atoms with E-state index >= 15 is 0 Å². The SMILES string of the molecule is CC(C(=O)c1ccccc1)C(=O)c1ccc(N2CCNCC2)cc1. The molecule has 1 saturated heterocycles. The summed E-state index contributed by atoms with van der Waals surface area (Å²) in [6, 6.07) is 16.6. The summed E-state index contributed by atoms with van der Waals surface area (Å²) in [4.78, 5) is 27.3. The molecule has 0 bridgehead atoms. The molecule has 1 atom stereocenters. The summed E-state index contributed by atoms with van der Waals surface area (Å²) in [6.07, 6.45) is 0. The summed E-state index contributed by atoms with van der Waals surface area (Å²) in [5.74, 6) is -0.931. The fourth-order valence-corrected chi connectivity index (χ4v) is 2.98. The normalized spacial score (nSPS) is 15.8. The molecule has 0 spiro atoms. The molecule has 0 amide bonds. The summed E-state index contributed by atoms with van der Waals surface area (Å²) in [6.45, 7) is 5.57. The fourth-order valence-electron chi connectivity index (χ4n) is 2.98. The van der Waals surface area contributed by atoms with E-state index in [9.17, 15) is 9.59 Å². The Balaban J connectivity index is 1.71. The topological polar surface area (TPSA) is 49.4 Å². The lowest BCUT2D eigenvalue weighted by molar-refractivity contribution is 0.0821. The molecule has 0 saturated carbocycles. The third-order valence-electron chi connectivity index (χ3n) is 4.48. The van der Waals surface area contributed by atoms with Crippen LogP contribution in [0.3, 0.4) is 0 Å². The largest absolute Gasteiger partial charge is 0.369 e. The Morgan fingerprint density at radius 2 is 1.42 bits per heavy atom. The number of carbonyl (C=O) groups excluding carboxylic acids is 2. The molecule has 1 aliphatic rings. The van der Waals surface area contributed by atoms with Crippen LogP contribution in [0.5, 0.6) is 0 Å². The minimum absolute atomic E-state index is 0.129. The standard InChI is InChI=1S/C20H22N2O2/c1-15(19(23)16-5-3-2-4-6-16)20(24)17-7-9-18(10-8-17)22-13-11-21-12-14-22/h2-10,15,21H,11-14H2,1H3. The van der Waals surface area contributed by atoms with Crippen molar-refractivity contribution >= 4 is 17.3 Å². The first-order valence-corrected chi connectivity index (χ1v) is 8.36. The molecule has 0 aromatic heterocycles. The van der Waals surface area contributed by atoms with Crippen LogP contribution in [0.15, 0.2) is 54.6 Å². The molecule has 4 heteroatoms. The molecular formula is C20H22N2O2. The van der Waals surface area contributed by atoms with E-state index in [0.29, 0.717) is 11.1 Å². The highest BCUT2D eigenvalue weighted by Crippen LogP contribution is 2.19. The number of rotatable bonds is 5. The second kappa shape index (κ2) is 7.41. The number of hydrogen-bond donors (Lipinski definition) is 1. The van der Waals surface area contributed by atoms with Crippen molar-refractivity contribution in [2.75, 3.05) is 31.1 Å². The maximum absolute atomic E-state index is 12.6. The summed E-state index contributed by atoms with van der Waals surface area (Å²) >= 11 is 0. The summed E-state index contributed by atoms with van der Waals surface area (Å²) in [5.41, 5.74) is 2.29. The second-order valence-electron chi connectivity index (χ2n) is 6.10. The number of hydrogen-bond acceptors (Lipinski definition) is 4. The average Bonchev–Trinajstić information content (AvgIpc) is 2.68. The number of anilines is 1. The number of benzene rings is 2. The number of nitrogens with zero attached hydrogens (tertiary/aromatic N) is 1. The van der Waals surface area contributed by atoms with E-state index in [1.165, 1.54) is 0 Å². The van der Waals surface area contributed by atoms with Crippen LogP contribution in [0.25, 0.3) is 0 Å². The fraction of sp³-hybridized carbons (Fsp3) is 0.300. The molecule has 1 unspecified atom stereocenters. The van der Waals surface area contributed by atoms with E-state index in [-0.39, 0.29) is 11.6 Å². The highest BCUT2D eigenvalue weighted by atomic mass is 16.1. The number of nitrogens with one attached hydrogen (secondary N) is 1. The average molecular weight is 322 g/mol. The lowest BCUT2D eigenvalue weighted by Crippen LogP contribution is -2.43. The molecule has 2 aromatic carbocycles. The van der Waals surface area contributed by atoms with Gasteiger partial charge in [-0.3, -0.25) is 9.59 Å². The van der Waals surface area contributed by atoms with Gasteiger partial charge in [-0.15, -0.1) is 0 Å². The van der Waals surface area contributed by atoms with Crippen molar-refractivity contribution in [3.05, 3.63) is 65.7 Å². The van der Waals surface area contributed by atoms with E-state index in [0.717, 1.165) is 31.9 Å². The van der Waals surface area contributed by atoms with Crippen LogP contribution in [0, 0.1) is 5.92 Å². The van der Waals surface area contributed by atoms with Gasteiger partial charge in [0.15, 0.2) is 11.6 Å². The van der Waals surface area contributed by atoms with Crippen LogP contribution in [-0.2, 0) is 0 Å². The smallest absolute Gasteiger partial charge is 0.173 e. The molecule has 2 aromatic rings. The van der Waals surface area contributed by atoms with Crippen LogP contribution >= 0.6 is 0 Å². The van der Waals surface area contributed by atoms with Crippen molar-refractivity contribution in [3.8, 4) is 0 Å². The van der Waals surface area contributed by atoms with E-state index in [1.54, 1.807) is 19.1 Å². The first-order valence-electron chi connectivity index (χ1n) is 8.36. The van der Waals surface area contributed by atoms with Crippen LogP contribution in [-0.4, -0.2) is 37.7 Å². The number of ketones is 2. The monoisotopic (exact) mass is 322 g/mol. The molecule has 4 nitrogen and oxygen atoms in total. The van der Waals surface area contributed by atoms with Crippen molar-refractivity contribution in [3.63, 3.8) is 0 Å².